The third kappa shape index (κ3) is 6.12. The van der Waals surface area contributed by atoms with Crippen LogP contribution in [0.5, 0.6) is 5.75 Å². The second kappa shape index (κ2) is 10.7. The molecule has 0 spiro atoms. The van der Waals surface area contributed by atoms with Gasteiger partial charge in [-0.3, -0.25) is 4.79 Å². The summed E-state index contributed by atoms with van der Waals surface area (Å²) >= 11 is 0. The Morgan fingerprint density at radius 3 is 2.59 bits per heavy atom. The van der Waals surface area contributed by atoms with Gasteiger partial charge in [-0.15, -0.1) is 5.10 Å². The lowest BCUT2D eigenvalue weighted by molar-refractivity contribution is 0.0521. The molecule has 10 nitrogen and oxygen atoms in total. The van der Waals surface area contributed by atoms with E-state index >= 15 is 0 Å². The third-order valence-electron chi connectivity index (χ3n) is 5.02. The lowest BCUT2D eigenvalue weighted by Crippen LogP contribution is -2.35. The molecule has 0 aliphatic heterocycles. The summed E-state index contributed by atoms with van der Waals surface area (Å²) in [6.07, 6.45) is 2.75. The first kappa shape index (κ1) is 25.2. The summed E-state index contributed by atoms with van der Waals surface area (Å²) < 4.78 is 14.9. The summed E-state index contributed by atoms with van der Waals surface area (Å²) in [5, 5.41) is 15.3. The molecule has 0 radical (unpaired) electrons. The Bertz CT molecular complexity index is 1180. The minimum absolute atomic E-state index is 0.0867. The number of ether oxygens (including phenoxy) is 2. The number of aromatic nitrogens is 5. The average Bonchev–Trinajstić information content (AvgIpc) is 3.29. The maximum atomic E-state index is 13.6. The highest BCUT2D eigenvalue weighted by Crippen LogP contribution is 2.30. The number of fused-ring (bicyclic) bond motifs is 1. The van der Waals surface area contributed by atoms with Gasteiger partial charge in [-0.25, -0.2) is 9.48 Å². The van der Waals surface area contributed by atoms with Gasteiger partial charge in [-0.05, 0) is 61.7 Å². The number of alkyl carbamates (subject to hydrolysis) is 1. The largest absolute Gasteiger partial charge is 0.491 e. The quantitative estimate of drug-likeness (QED) is 0.473. The molecule has 1 N–H and O–H groups in total. The van der Waals surface area contributed by atoms with Gasteiger partial charge in [-0.1, -0.05) is 27.2 Å². The highest BCUT2D eigenvalue weighted by Gasteiger charge is 2.22. The Morgan fingerprint density at radius 2 is 1.97 bits per heavy atom. The van der Waals surface area contributed by atoms with Gasteiger partial charge in [0, 0.05) is 11.9 Å². The highest BCUT2D eigenvalue weighted by atomic mass is 16.6. The number of carbonyl (C=O) groups is 1. The van der Waals surface area contributed by atoms with Crippen molar-refractivity contribution in [3.8, 4) is 11.4 Å². The molecule has 10 heteroatoms. The Labute approximate surface area is 199 Å². The van der Waals surface area contributed by atoms with Crippen LogP contribution in [-0.4, -0.2) is 43.1 Å². The minimum atomic E-state index is -0.633. The van der Waals surface area contributed by atoms with Crippen molar-refractivity contribution < 1.29 is 14.3 Å². The molecule has 2 heterocycles. The van der Waals surface area contributed by atoms with E-state index in [0.717, 1.165) is 12.8 Å². The minimum Gasteiger partial charge on any atom is -0.491 e. The molecule has 3 rings (SSSR count). The second-order valence-corrected chi connectivity index (χ2v) is 9.63. The molecule has 184 valence electrons. The van der Waals surface area contributed by atoms with Crippen LogP contribution in [0.1, 0.15) is 60.1 Å². The first-order valence-corrected chi connectivity index (χ1v) is 11.6. The first-order chi connectivity index (χ1) is 16.1. The fraction of sp³-hybridized carbons (Fsp3) is 0.542. The Kier molecular flexibility index (Phi) is 7.90. The maximum absolute atomic E-state index is 13.6. The van der Waals surface area contributed by atoms with Gasteiger partial charge in [0.25, 0.3) is 5.56 Å². The normalized spacial score (nSPS) is 11.7. The van der Waals surface area contributed by atoms with E-state index in [9.17, 15) is 9.59 Å². The highest BCUT2D eigenvalue weighted by molar-refractivity contribution is 5.90. The van der Waals surface area contributed by atoms with E-state index in [1.807, 2.05) is 19.9 Å². The van der Waals surface area contributed by atoms with Crippen LogP contribution in [0.4, 0.5) is 4.79 Å². The van der Waals surface area contributed by atoms with Crippen LogP contribution in [0.15, 0.2) is 29.3 Å². The Hall–Kier alpha value is -3.43. The van der Waals surface area contributed by atoms with Crippen LogP contribution in [0.3, 0.4) is 0 Å². The van der Waals surface area contributed by atoms with Crippen molar-refractivity contribution in [1.82, 2.24) is 30.1 Å². The number of pyridine rings is 1. The van der Waals surface area contributed by atoms with E-state index in [-0.39, 0.29) is 18.0 Å². The van der Waals surface area contributed by atoms with Crippen LogP contribution in [0, 0.1) is 5.92 Å². The molecule has 2 aromatic heterocycles. The number of tetrazole rings is 1. The second-order valence-electron chi connectivity index (χ2n) is 9.63. The lowest BCUT2D eigenvalue weighted by atomic mass is 10.1. The molecule has 0 saturated carbocycles. The number of benzene rings is 1. The van der Waals surface area contributed by atoms with Crippen molar-refractivity contribution in [2.75, 3.05) is 6.61 Å². The number of hydrogen-bond acceptors (Lipinski definition) is 7. The van der Waals surface area contributed by atoms with Crippen molar-refractivity contribution >= 4 is 16.9 Å². The van der Waals surface area contributed by atoms with Crippen molar-refractivity contribution in [2.45, 2.75) is 73.1 Å². The molecular formula is C24H34N6O4. The number of amides is 1. The molecule has 0 unspecified atom stereocenters. The monoisotopic (exact) mass is 470 g/mol. The molecule has 1 amide bonds. The fourth-order valence-corrected chi connectivity index (χ4v) is 3.56. The van der Waals surface area contributed by atoms with Crippen LogP contribution >= 0.6 is 0 Å². The topological polar surface area (TPSA) is 113 Å². The standard InChI is InChI=1S/C24H34N6O4/c1-7-8-11-33-21-19-12-17(30-15-26-27-28-30)9-10-18(19)22(31)29(14-16(2)3)20(21)13-25-23(32)34-24(4,5)6/h9-10,12,15-16H,7-8,11,13-14H2,1-6H3,(H,25,32). The van der Waals surface area contributed by atoms with Crippen molar-refractivity contribution in [2.24, 2.45) is 5.92 Å². The molecule has 1 aromatic carbocycles. The van der Waals surface area contributed by atoms with Crippen LogP contribution in [0.25, 0.3) is 16.5 Å². The number of rotatable bonds is 9. The summed E-state index contributed by atoms with van der Waals surface area (Å²) in [6, 6.07) is 5.41. The van der Waals surface area contributed by atoms with Gasteiger partial charge < -0.3 is 19.4 Å². The molecule has 0 saturated heterocycles. The smallest absolute Gasteiger partial charge is 0.407 e. The van der Waals surface area contributed by atoms with Gasteiger partial charge in [0.15, 0.2) is 0 Å². The number of nitrogens with one attached hydrogen (secondary N) is 1. The average molecular weight is 471 g/mol. The first-order valence-electron chi connectivity index (χ1n) is 11.6. The molecule has 34 heavy (non-hydrogen) atoms. The summed E-state index contributed by atoms with van der Waals surface area (Å²) in [5.74, 6) is 0.772. The summed E-state index contributed by atoms with van der Waals surface area (Å²) in [5.41, 5.74) is 0.523. The predicted molar refractivity (Wildman–Crippen MR) is 129 cm³/mol. The number of carbonyl (C=O) groups excluding carboxylic acids is 1. The van der Waals surface area contributed by atoms with E-state index in [0.29, 0.717) is 41.1 Å². The van der Waals surface area contributed by atoms with E-state index in [2.05, 4.69) is 27.8 Å². The molecule has 0 bridgehead atoms. The molecule has 0 atom stereocenters. The van der Waals surface area contributed by atoms with Crippen LogP contribution < -0.4 is 15.6 Å². The van der Waals surface area contributed by atoms with E-state index in [1.165, 1.54) is 11.0 Å². The Morgan fingerprint density at radius 1 is 1.21 bits per heavy atom. The predicted octanol–water partition coefficient (Wildman–Crippen LogP) is 3.84. The maximum Gasteiger partial charge on any atom is 0.407 e. The zero-order chi connectivity index (χ0) is 24.9. The zero-order valence-corrected chi connectivity index (χ0v) is 20.8. The zero-order valence-electron chi connectivity index (χ0n) is 20.8. The SMILES string of the molecule is CCCCOc1c(CNC(=O)OC(C)(C)C)n(CC(C)C)c(=O)c2ccc(-n3cnnn3)cc12. The summed E-state index contributed by atoms with van der Waals surface area (Å²) in [7, 11) is 0. The molecular weight excluding hydrogens is 436 g/mol. The number of hydrogen-bond donors (Lipinski definition) is 1. The number of nitrogens with zero attached hydrogens (tertiary/aromatic N) is 5. The van der Waals surface area contributed by atoms with E-state index < -0.39 is 11.7 Å². The third-order valence-corrected chi connectivity index (χ3v) is 5.02. The van der Waals surface area contributed by atoms with Crippen molar-refractivity contribution in [3.05, 3.63) is 40.6 Å². The van der Waals surface area contributed by atoms with Crippen LogP contribution in [0.2, 0.25) is 0 Å². The van der Waals surface area contributed by atoms with Gasteiger partial charge in [-0.2, -0.15) is 0 Å². The van der Waals surface area contributed by atoms with Gasteiger partial charge in [0.1, 0.15) is 17.7 Å². The van der Waals surface area contributed by atoms with Crippen molar-refractivity contribution in [3.63, 3.8) is 0 Å². The molecule has 3 aromatic rings. The molecule has 0 aliphatic rings. The van der Waals surface area contributed by atoms with E-state index in [1.54, 1.807) is 37.5 Å². The lowest BCUT2D eigenvalue weighted by Gasteiger charge is -2.23. The molecule has 0 aliphatic carbocycles. The summed E-state index contributed by atoms with van der Waals surface area (Å²) in [6.45, 7) is 12.6. The van der Waals surface area contributed by atoms with Gasteiger partial charge >= 0.3 is 6.09 Å². The van der Waals surface area contributed by atoms with Crippen molar-refractivity contribution in [1.29, 1.82) is 0 Å². The van der Waals surface area contributed by atoms with Crippen LogP contribution in [-0.2, 0) is 17.8 Å². The van der Waals surface area contributed by atoms with Gasteiger partial charge in [0.05, 0.1) is 29.9 Å². The van der Waals surface area contributed by atoms with Gasteiger partial charge in [0.2, 0.25) is 0 Å². The molecule has 0 fully saturated rings. The fourth-order valence-electron chi connectivity index (χ4n) is 3.56. The summed E-state index contributed by atoms with van der Waals surface area (Å²) in [4.78, 5) is 26.0. The van der Waals surface area contributed by atoms with E-state index in [4.69, 9.17) is 9.47 Å². The number of unbranched alkanes of at least 4 members (excludes halogenated alkanes) is 1. The Balaban J connectivity index is 2.17.